The number of hydrogen-bond acceptors (Lipinski definition) is 4. The number of halogens is 1. The molecule has 0 aliphatic carbocycles. The van der Waals surface area contributed by atoms with Crippen molar-refractivity contribution in [2.45, 2.75) is 25.8 Å². The predicted octanol–water partition coefficient (Wildman–Crippen LogP) is 4.24. The van der Waals surface area contributed by atoms with Crippen molar-refractivity contribution in [2.24, 2.45) is 0 Å². The van der Waals surface area contributed by atoms with Crippen molar-refractivity contribution in [3.8, 4) is 5.75 Å². The minimum atomic E-state index is -0.944. The summed E-state index contributed by atoms with van der Waals surface area (Å²) in [6, 6.07) is 20.5. The molecule has 0 bridgehead atoms. The first-order chi connectivity index (χ1) is 16.5. The zero-order valence-corrected chi connectivity index (χ0v) is 18.8. The maximum atomic E-state index is 13.4. The van der Waals surface area contributed by atoms with Crippen LogP contribution in [0, 0.1) is 5.82 Å². The van der Waals surface area contributed by atoms with E-state index < -0.39 is 23.7 Å². The third-order valence-corrected chi connectivity index (χ3v) is 5.74. The molecule has 1 atom stereocenters. The van der Waals surface area contributed by atoms with E-state index in [0.29, 0.717) is 24.5 Å². The van der Waals surface area contributed by atoms with Gasteiger partial charge in [-0.3, -0.25) is 14.4 Å². The molecule has 3 amide bonds. The fraction of sp³-hybridized carbons (Fsp3) is 0.222. The third-order valence-electron chi connectivity index (χ3n) is 5.74. The maximum Gasteiger partial charge on any atom is 0.257 e. The van der Waals surface area contributed by atoms with Crippen molar-refractivity contribution in [1.82, 2.24) is 4.90 Å². The molecule has 0 N–H and O–H groups in total. The number of nitrogens with zero attached hydrogens (tertiary/aromatic N) is 2. The number of carbonyl (C=O) groups excluding carboxylic acids is 3. The lowest BCUT2D eigenvalue weighted by atomic mass is 10.1. The van der Waals surface area contributed by atoms with Crippen molar-refractivity contribution < 1.29 is 23.5 Å². The van der Waals surface area contributed by atoms with Gasteiger partial charge in [-0.2, -0.15) is 0 Å². The van der Waals surface area contributed by atoms with E-state index in [1.165, 1.54) is 29.2 Å². The molecule has 1 saturated heterocycles. The van der Waals surface area contributed by atoms with Crippen LogP contribution in [0.4, 0.5) is 10.1 Å². The van der Waals surface area contributed by atoms with Crippen LogP contribution < -0.4 is 9.64 Å². The lowest BCUT2D eigenvalue weighted by molar-refractivity contribution is -0.122. The fourth-order valence-corrected chi connectivity index (χ4v) is 4.04. The summed E-state index contributed by atoms with van der Waals surface area (Å²) < 4.78 is 18.8. The molecule has 1 fully saturated rings. The SMILES string of the molecule is CCOc1ccc(N2C(=O)CC(N(CCc3ccccc3)C(=O)c3ccc(F)cc3)C2=O)cc1. The number of ether oxygens (including phenoxy) is 1. The average Bonchev–Trinajstić information content (AvgIpc) is 3.14. The Balaban J connectivity index is 1.60. The molecule has 1 aliphatic rings. The van der Waals surface area contributed by atoms with Crippen LogP contribution >= 0.6 is 0 Å². The van der Waals surface area contributed by atoms with E-state index in [9.17, 15) is 18.8 Å². The molecule has 0 radical (unpaired) electrons. The van der Waals surface area contributed by atoms with Gasteiger partial charge in [0.2, 0.25) is 5.91 Å². The van der Waals surface area contributed by atoms with Crippen LogP contribution in [0.3, 0.4) is 0 Å². The van der Waals surface area contributed by atoms with E-state index in [0.717, 1.165) is 10.5 Å². The molecular formula is C27H25FN2O4. The van der Waals surface area contributed by atoms with E-state index in [1.807, 2.05) is 37.3 Å². The molecule has 1 heterocycles. The van der Waals surface area contributed by atoms with Crippen LogP contribution in [0.15, 0.2) is 78.9 Å². The summed E-state index contributed by atoms with van der Waals surface area (Å²) in [6.07, 6.45) is 0.391. The van der Waals surface area contributed by atoms with Gasteiger partial charge in [-0.05, 0) is 67.4 Å². The number of rotatable bonds is 8. The summed E-state index contributed by atoms with van der Waals surface area (Å²) in [5, 5.41) is 0. The highest BCUT2D eigenvalue weighted by atomic mass is 19.1. The van der Waals surface area contributed by atoms with Gasteiger partial charge in [0.15, 0.2) is 0 Å². The molecule has 174 valence electrons. The molecule has 3 aromatic rings. The number of amides is 3. The fourth-order valence-electron chi connectivity index (χ4n) is 4.04. The first-order valence-corrected chi connectivity index (χ1v) is 11.2. The molecule has 6 nitrogen and oxygen atoms in total. The number of carbonyl (C=O) groups is 3. The second-order valence-corrected chi connectivity index (χ2v) is 7.96. The zero-order valence-electron chi connectivity index (χ0n) is 18.8. The van der Waals surface area contributed by atoms with Gasteiger partial charge in [-0.25, -0.2) is 9.29 Å². The average molecular weight is 461 g/mol. The Morgan fingerprint density at radius 1 is 1.00 bits per heavy atom. The highest BCUT2D eigenvalue weighted by Gasteiger charge is 2.44. The quantitative estimate of drug-likeness (QED) is 0.472. The molecular weight excluding hydrogens is 435 g/mol. The summed E-state index contributed by atoms with van der Waals surface area (Å²) >= 11 is 0. The van der Waals surface area contributed by atoms with Crippen LogP contribution in [-0.4, -0.2) is 41.8 Å². The molecule has 1 unspecified atom stereocenters. The Morgan fingerprint density at radius 3 is 2.32 bits per heavy atom. The Hall–Kier alpha value is -4.00. The summed E-state index contributed by atoms with van der Waals surface area (Å²) in [5.41, 5.74) is 1.69. The molecule has 1 aliphatic heterocycles. The van der Waals surface area contributed by atoms with Gasteiger partial charge in [0, 0.05) is 12.1 Å². The van der Waals surface area contributed by atoms with E-state index in [4.69, 9.17) is 4.74 Å². The van der Waals surface area contributed by atoms with Crippen LogP contribution in [0.1, 0.15) is 29.3 Å². The summed E-state index contributed by atoms with van der Waals surface area (Å²) in [7, 11) is 0. The van der Waals surface area contributed by atoms with Gasteiger partial charge in [0.05, 0.1) is 18.7 Å². The van der Waals surface area contributed by atoms with Gasteiger partial charge >= 0.3 is 0 Å². The zero-order chi connectivity index (χ0) is 24.1. The molecule has 0 saturated carbocycles. The molecule has 3 aromatic carbocycles. The number of imide groups is 1. The van der Waals surface area contributed by atoms with Crippen molar-refractivity contribution >= 4 is 23.4 Å². The Kier molecular flexibility index (Phi) is 7.01. The highest BCUT2D eigenvalue weighted by Crippen LogP contribution is 2.28. The standard InChI is InChI=1S/C27H25FN2O4/c1-2-34-23-14-12-22(13-15-23)30-25(31)18-24(27(30)33)29(17-16-19-6-4-3-5-7-19)26(32)20-8-10-21(28)11-9-20/h3-15,24H,2,16-18H2,1H3. The lowest BCUT2D eigenvalue weighted by Gasteiger charge is -2.28. The third kappa shape index (κ3) is 4.98. The Morgan fingerprint density at radius 2 is 1.68 bits per heavy atom. The van der Waals surface area contributed by atoms with E-state index >= 15 is 0 Å². The summed E-state index contributed by atoms with van der Waals surface area (Å²) in [4.78, 5) is 42.2. The second-order valence-electron chi connectivity index (χ2n) is 7.96. The number of benzene rings is 3. The molecule has 7 heteroatoms. The summed E-state index contributed by atoms with van der Waals surface area (Å²) in [5.74, 6) is -1.08. The minimum absolute atomic E-state index is 0.117. The first kappa shape index (κ1) is 23.2. The predicted molar refractivity (Wildman–Crippen MR) is 126 cm³/mol. The summed E-state index contributed by atoms with van der Waals surface area (Å²) in [6.45, 7) is 2.61. The van der Waals surface area contributed by atoms with Gasteiger partial charge in [-0.1, -0.05) is 30.3 Å². The lowest BCUT2D eigenvalue weighted by Crippen LogP contribution is -2.46. The van der Waals surface area contributed by atoms with Gasteiger partial charge < -0.3 is 9.64 Å². The Labute approximate surface area is 197 Å². The maximum absolute atomic E-state index is 13.4. The molecule has 0 spiro atoms. The molecule has 4 rings (SSSR count). The largest absolute Gasteiger partial charge is 0.494 e. The van der Waals surface area contributed by atoms with Crippen molar-refractivity contribution in [1.29, 1.82) is 0 Å². The van der Waals surface area contributed by atoms with Crippen LogP contribution in [0.2, 0.25) is 0 Å². The monoisotopic (exact) mass is 460 g/mol. The Bertz CT molecular complexity index is 1160. The highest BCUT2D eigenvalue weighted by molar-refractivity contribution is 6.23. The minimum Gasteiger partial charge on any atom is -0.494 e. The van der Waals surface area contributed by atoms with E-state index in [1.54, 1.807) is 24.3 Å². The van der Waals surface area contributed by atoms with Gasteiger partial charge in [0.25, 0.3) is 11.8 Å². The van der Waals surface area contributed by atoms with Crippen LogP contribution in [0.25, 0.3) is 0 Å². The van der Waals surface area contributed by atoms with E-state index in [-0.39, 0.29) is 24.4 Å². The van der Waals surface area contributed by atoms with Gasteiger partial charge in [0.1, 0.15) is 17.6 Å². The van der Waals surface area contributed by atoms with Crippen LogP contribution in [0.5, 0.6) is 5.75 Å². The first-order valence-electron chi connectivity index (χ1n) is 11.2. The number of anilines is 1. The second kappa shape index (κ2) is 10.3. The number of hydrogen-bond donors (Lipinski definition) is 0. The topological polar surface area (TPSA) is 66.9 Å². The smallest absolute Gasteiger partial charge is 0.257 e. The normalized spacial score (nSPS) is 15.5. The van der Waals surface area contributed by atoms with Crippen molar-refractivity contribution in [2.75, 3.05) is 18.1 Å². The van der Waals surface area contributed by atoms with E-state index in [2.05, 4.69) is 0 Å². The van der Waals surface area contributed by atoms with Crippen LogP contribution in [-0.2, 0) is 16.0 Å². The molecule has 34 heavy (non-hydrogen) atoms. The van der Waals surface area contributed by atoms with Gasteiger partial charge in [-0.15, -0.1) is 0 Å². The van der Waals surface area contributed by atoms with Crippen molar-refractivity contribution in [3.63, 3.8) is 0 Å². The van der Waals surface area contributed by atoms with Crippen molar-refractivity contribution in [3.05, 3.63) is 95.8 Å². The molecule has 0 aromatic heterocycles.